The molecule has 0 atom stereocenters. The molecule has 2 N–H and O–H groups in total. The predicted octanol–water partition coefficient (Wildman–Crippen LogP) is 4.52. The Bertz CT molecular complexity index is 1520. The molecule has 2 heterocycles. The van der Waals surface area contributed by atoms with Gasteiger partial charge in [0.25, 0.3) is 11.8 Å². The fraction of sp³-hybridized carbons (Fsp3) is 0.258. The Labute approximate surface area is 228 Å². The van der Waals surface area contributed by atoms with Crippen molar-refractivity contribution in [2.75, 3.05) is 46.8 Å². The number of likely N-dealkylation sites (N-methyl/N-ethyl adjacent to an activating group) is 1. The van der Waals surface area contributed by atoms with E-state index in [1.165, 1.54) is 0 Å². The number of hydrogen-bond acceptors (Lipinski definition) is 5. The van der Waals surface area contributed by atoms with Crippen LogP contribution in [-0.2, 0) is 0 Å². The predicted molar refractivity (Wildman–Crippen MR) is 154 cm³/mol. The number of aromatic amines is 1. The number of piperazine rings is 1. The fourth-order valence-corrected chi connectivity index (χ4v) is 4.78. The zero-order valence-corrected chi connectivity index (χ0v) is 22.5. The maximum absolute atomic E-state index is 13.0. The average Bonchev–Trinajstić information content (AvgIpc) is 3.30. The second-order valence-corrected chi connectivity index (χ2v) is 9.90. The first-order valence-corrected chi connectivity index (χ1v) is 13.2. The van der Waals surface area contributed by atoms with Crippen molar-refractivity contribution in [1.29, 1.82) is 0 Å². The number of carbonyl (C=O) groups excluding carboxylic acids is 2. The zero-order chi connectivity index (χ0) is 27.5. The van der Waals surface area contributed by atoms with Gasteiger partial charge in [0, 0.05) is 67.4 Å². The molecule has 1 saturated heterocycles. The van der Waals surface area contributed by atoms with Crippen LogP contribution in [0.3, 0.4) is 0 Å². The lowest BCUT2D eigenvalue weighted by molar-refractivity contribution is 0.0663. The van der Waals surface area contributed by atoms with Gasteiger partial charge in [0.15, 0.2) is 5.88 Å². The Kier molecular flexibility index (Phi) is 7.47. The fourth-order valence-electron chi connectivity index (χ4n) is 4.78. The summed E-state index contributed by atoms with van der Waals surface area (Å²) >= 11 is 0. The van der Waals surface area contributed by atoms with E-state index in [1.807, 2.05) is 60.4 Å². The Balaban J connectivity index is 1.52. The van der Waals surface area contributed by atoms with Gasteiger partial charge in [-0.2, -0.15) is 0 Å². The van der Waals surface area contributed by atoms with Gasteiger partial charge in [0.2, 0.25) is 0 Å². The highest BCUT2D eigenvalue weighted by atomic mass is 16.3. The smallest absolute Gasteiger partial charge is 0.253 e. The summed E-state index contributed by atoms with van der Waals surface area (Å²) in [5.41, 5.74) is 4.45. The number of aliphatic imine (C=N–C) groups is 1. The van der Waals surface area contributed by atoms with Gasteiger partial charge in [-0.3, -0.25) is 9.59 Å². The van der Waals surface area contributed by atoms with E-state index in [4.69, 9.17) is 4.99 Å². The Morgan fingerprint density at radius 3 is 2.26 bits per heavy atom. The third kappa shape index (κ3) is 5.42. The van der Waals surface area contributed by atoms with Crippen LogP contribution in [0.2, 0.25) is 0 Å². The van der Waals surface area contributed by atoms with Crippen molar-refractivity contribution in [3.05, 3.63) is 95.1 Å². The van der Waals surface area contributed by atoms with Crippen LogP contribution in [-0.4, -0.2) is 89.1 Å². The van der Waals surface area contributed by atoms with E-state index in [0.717, 1.165) is 37.1 Å². The SMILES string of the molecule is CCN(C)C(=O)c1ccc2c(C(=Nc3ccc(C(=O)N4CCN(C)CC4)cc3)c3ccccc3)c(O)[nH]c2c1. The number of fused-ring (bicyclic) bond motifs is 1. The summed E-state index contributed by atoms with van der Waals surface area (Å²) in [6.07, 6.45) is 0. The molecular weight excluding hydrogens is 490 g/mol. The minimum absolute atomic E-state index is 0.0234. The molecule has 3 aromatic carbocycles. The molecule has 5 rings (SSSR count). The molecular formula is C31H33N5O3. The highest BCUT2D eigenvalue weighted by Gasteiger charge is 2.22. The molecule has 1 aliphatic rings. The normalized spacial score (nSPS) is 14.5. The number of rotatable bonds is 6. The van der Waals surface area contributed by atoms with Crippen LogP contribution in [0.4, 0.5) is 5.69 Å². The van der Waals surface area contributed by atoms with Crippen LogP contribution in [0.1, 0.15) is 38.8 Å². The van der Waals surface area contributed by atoms with E-state index in [2.05, 4.69) is 16.9 Å². The molecule has 39 heavy (non-hydrogen) atoms. The number of aromatic hydroxyl groups is 1. The molecule has 200 valence electrons. The molecule has 0 saturated carbocycles. The largest absolute Gasteiger partial charge is 0.494 e. The lowest BCUT2D eigenvalue weighted by Crippen LogP contribution is -2.47. The number of amides is 2. The van der Waals surface area contributed by atoms with Crippen LogP contribution in [0.15, 0.2) is 77.8 Å². The van der Waals surface area contributed by atoms with Gasteiger partial charge in [-0.15, -0.1) is 0 Å². The quantitative estimate of drug-likeness (QED) is 0.364. The molecule has 4 aromatic rings. The summed E-state index contributed by atoms with van der Waals surface area (Å²) < 4.78 is 0. The number of nitrogens with one attached hydrogen (secondary N) is 1. The van der Waals surface area contributed by atoms with Gasteiger partial charge in [0.05, 0.1) is 17.0 Å². The monoisotopic (exact) mass is 523 g/mol. The topological polar surface area (TPSA) is 92.2 Å². The summed E-state index contributed by atoms with van der Waals surface area (Å²) in [7, 11) is 3.82. The Morgan fingerprint density at radius 2 is 1.59 bits per heavy atom. The molecule has 0 bridgehead atoms. The summed E-state index contributed by atoms with van der Waals surface area (Å²) in [4.78, 5) is 39.4. The number of aromatic nitrogens is 1. The number of benzene rings is 3. The van der Waals surface area contributed by atoms with Gasteiger partial charge in [-0.25, -0.2) is 4.99 Å². The van der Waals surface area contributed by atoms with Crippen molar-refractivity contribution >= 4 is 34.1 Å². The summed E-state index contributed by atoms with van der Waals surface area (Å²) in [5, 5.41) is 11.8. The van der Waals surface area contributed by atoms with E-state index in [-0.39, 0.29) is 17.7 Å². The molecule has 1 aliphatic heterocycles. The Hall–Kier alpha value is -4.43. The van der Waals surface area contributed by atoms with Gasteiger partial charge in [0.1, 0.15) is 0 Å². The summed E-state index contributed by atoms with van der Waals surface area (Å²) in [5.74, 6) is -0.0867. The van der Waals surface area contributed by atoms with Gasteiger partial charge in [-0.1, -0.05) is 36.4 Å². The molecule has 0 spiro atoms. The van der Waals surface area contributed by atoms with Crippen LogP contribution in [0, 0.1) is 0 Å². The van der Waals surface area contributed by atoms with Crippen molar-refractivity contribution in [3.8, 4) is 5.88 Å². The van der Waals surface area contributed by atoms with Crippen molar-refractivity contribution in [1.82, 2.24) is 19.7 Å². The maximum Gasteiger partial charge on any atom is 0.253 e. The molecule has 8 heteroatoms. The molecule has 1 aromatic heterocycles. The van der Waals surface area contributed by atoms with E-state index in [9.17, 15) is 14.7 Å². The zero-order valence-electron chi connectivity index (χ0n) is 22.5. The van der Waals surface area contributed by atoms with Crippen LogP contribution in [0.25, 0.3) is 10.9 Å². The van der Waals surface area contributed by atoms with Crippen molar-refractivity contribution < 1.29 is 14.7 Å². The van der Waals surface area contributed by atoms with Gasteiger partial charge in [-0.05, 0) is 50.4 Å². The lowest BCUT2D eigenvalue weighted by Gasteiger charge is -2.32. The molecule has 2 amide bonds. The van der Waals surface area contributed by atoms with E-state index in [1.54, 1.807) is 36.2 Å². The highest BCUT2D eigenvalue weighted by molar-refractivity contribution is 6.22. The van der Waals surface area contributed by atoms with Crippen molar-refractivity contribution in [3.63, 3.8) is 0 Å². The minimum atomic E-state index is -0.0850. The number of carbonyl (C=O) groups is 2. The Morgan fingerprint density at radius 1 is 0.923 bits per heavy atom. The summed E-state index contributed by atoms with van der Waals surface area (Å²) in [6.45, 7) is 5.70. The first-order chi connectivity index (χ1) is 18.9. The van der Waals surface area contributed by atoms with E-state index >= 15 is 0 Å². The lowest BCUT2D eigenvalue weighted by atomic mass is 10.00. The van der Waals surface area contributed by atoms with Gasteiger partial charge >= 0.3 is 0 Å². The van der Waals surface area contributed by atoms with Crippen LogP contribution < -0.4 is 0 Å². The molecule has 0 radical (unpaired) electrons. The first kappa shape index (κ1) is 26.2. The second-order valence-electron chi connectivity index (χ2n) is 9.90. The molecule has 0 unspecified atom stereocenters. The van der Waals surface area contributed by atoms with Crippen molar-refractivity contribution in [2.45, 2.75) is 6.92 Å². The third-order valence-corrected chi connectivity index (χ3v) is 7.28. The van der Waals surface area contributed by atoms with Crippen LogP contribution in [0.5, 0.6) is 5.88 Å². The molecule has 0 aliphatic carbocycles. The van der Waals surface area contributed by atoms with Crippen LogP contribution >= 0.6 is 0 Å². The first-order valence-electron chi connectivity index (χ1n) is 13.2. The number of nitrogens with zero attached hydrogens (tertiary/aromatic N) is 4. The molecule has 1 fully saturated rings. The second kappa shape index (κ2) is 11.1. The highest BCUT2D eigenvalue weighted by Crippen LogP contribution is 2.32. The van der Waals surface area contributed by atoms with Crippen molar-refractivity contribution in [2.24, 2.45) is 4.99 Å². The average molecular weight is 524 g/mol. The number of H-pyrrole nitrogens is 1. The van der Waals surface area contributed by atoms with E-state index < -0.39 is 0 Å². The third-order valence-electron chi connectivity index (χ3n) is 7.28. The minimum Gasteiger partial charge on any atom is -0.494 e. The molecule has 8 nitrogen and oxygen atoms in total. The van der Waals surface area contributed by atoms with Gasteiger partial charge < -0.3 is 24.8 Å². The van der Waals surface area contributed by atoms with E-state index in [0.29, 0.717) is 40.2 Å². The standard InChI is InChI=1S/C31H33N5O3/c1-4-35(3)30(38)23-12-15-25-26(20-23)33-29(37)27(25)28(21-8-6-5-7-9-21)32-24-13-10-22(11-14-24)31(39)36-18-16-34(2)17-19-36/h5-15,20,33,37H,4,16-19H2,1-3H3. The number of hydrogen-bond donors (Lipinski definition) is 2. The summed E-state index contributed by atoms with van der Waals surface area (Å²) in [6, 6.07) is 22.3. The maximum atomic E-state index is 13.0.